The van der Waals surface area contributed by atoms with E-state index in [4.69, 9.17) is 18.5 Å². The molecule has 0 spiro atoms. The maximum absolute atomic E-state index is 12.9. The number of rotatable bonds is 68. The fourth-order valence-corrected chi connectivity index (χ4v) is 10.9. The van der Waals surface area contributed by atoms with Crippen molar-refractivity contribution >= 4 is 19.8 Å². The van der Waals surface area contributed by atoms with Crippen LogP contribution in [0, 0.1) is 0 Å². The number of hydrogen-bond donors (Lipinski definition) is 1. The molecule has 0 fully saturated rings. The summed E-state index contributed by atoms with van der Waals surface area (Å²) in [5.41, 5.74) is 0. The SMILES string of the molecule is CC/C=C\C/C=C\C/C=C\C/C=C\C/C=C\C/C=C\C/C=C\C/C=C\C/C=C\CCCCCCCCCC(=O)OC(COC(=O)CCCCCCCCCCCCCCCCCCCC/C=C\C/C=C\C/C=C\CCCCCCC)COP(=O)(O)OCC[N+](C)(C)C. The van der Waals surface area contributed by atoms with Crippen molar-refractivity contribution in [1.82, 2.24) is 0 Å². The molecular formula is C82H141NO8P+. The standard InChI is InChI=1S/C82H140NO8P/c1-6-8-10-12-14-16-18-20-22-24-26-28-30-32-34-36-38-40-41-43-45-47-49-51-53-55-57-59-61-63-65-67-69-71-73-75-82(85)91-80(79-90-92(86,87)89-77-76-83(3,4)5)78-88-81(84)74-72-70-68-66-64-62-60-58-56-54-52-50-48-46-44-42-39-37-35-33-31-29-27-25-23-21-19-17-15-13-11-9-7-2/h8,10,14,16,19-22,25-28,31-34,38,40,43,45,49,51,55,57,80H,6-7,9,11-13,15,17-18,23-24,29-30,35-37,39,41-42,44,46-48,50,52-54,56,58-79H2,1-5H3/p+1/b10-8-,16-14-,21-19-,22-20-,27-25-,28-26-,33-31-,34-32-,40-38-,45-43-,51-49-,57-55-. The summed E-state index contributed by atoms with van der Waals surface area (Å²) in [5, 5.41) is 0. The molecular weight excluding hydrogens is 1160 g/mol. The van der Waals surface area contributed by atoms with Crippen molar-refractivity contribution in [3.63, 3.8) is 0 Å². The second-order valence-corrected chi connectivity index (χ2v) is 27.4. The molecule has 10 heteroatoms. The van der Waals surface area contributed by atoms with E-state index in [0.29, 0.717) is 17.4 Å². The maximum atomic E-state index is 12.9. The second-order valence-electron chi connectivity index (χ2n) is 25.9. The molecule has 2 unspecified atom stereocenters. The molecule has 1 N–H and O–H groups in total. The van der Waals surface area contributed by atoms with Gasteiger partial charge in [-0.05, 0) is 122 Å². The Bertz CT molecular complexity index is 2070. The Morgan fingerprint density at radius 2 is 0.620 bits per heavy atom. The van der Waals surface area contributed by atoms with Crippen LogP contribution in [0.3, 0.4) is 0 Å². The number of phosphoric ester groups is 1. The lowest BCUT2D eigenvalue weighted by Gasteiger charge is -2.24. The Labute approximate surface area is 567 Å². The van der Waals surface area contributed by atoms with Gasteiger partial charge in [-0.25, -0.2) is 4.57 Å². The predicted molar refractivity (Wildman–Crippen MR) is 399 cm³/mol. The average molecular weight is 1300 g/mol. The van der Waals surface area contributed by atoms with Crippen molar-refractivity contribution in [3.8, 4) is 0 Å². The summed E-state index contributed by atoms with van der Waals surface area (Å²) >= 11 is 0. The number of unbranched alkanes of at least 4 members (excludes halogenated alkanes) is 30. The van der Waals surface area contributed by atoms with E-state index in [-0.39, 0.29) is 32.0 Å². The van der Waals surface area contributed by atoms with Crippen molar-refractivity contribution in [3.05, 3.63) is 146 Å². The van der Waals surface area contributed by atoms with Crippen LogP contribution in [-0.2, 0) is 32.7 Å². The molecule has 2 atom stereocenters. The Morgan fingerprint density at radius 3 is 0.924 bits per heavy atom. The van der Waals surface area contributed by atoms with Gasteiger partial charge in [0.15, 0.2) is 6.10 Å². The summed E-state index contributed by atoms with van der Waals surface area (Å²) in [4.78, 5) is 35.9. The quantitative estimate of drug-likeness (QED) is 0.0211. The van der Waals surface area contributed by atoms with Crippen molar-refractivity contribution in [2.75, 3.05) is 47.5 Å². The summed E-state index contributed by atoms with van der Waals surface area (Å²) in [7, 11) is 1.46. The molecule has 0 aliphatic carbocycles. The predicted octanol–water partition coefficient (Wildman–Crippen LogP) is 24.9. The van der Waals surface area contributed by atoms with Crippen LogP contribution in [0.2, 0.25) is 0 Å². The van der Waals surface area contributed by atoms with Gasteiger partial charge >= 0.3 is 19.8 Å². The van der Waals surface area contributed by atoms with Gasteiger partial charge in [-0.2, -0.15) is 0 Å². The Morgan fingerprint density at radius 1 is 0.348 bits per heavy atom. The number of ether oxygens (including phenoxy) is 2. The fraction of sp³-hybridized carbons (Fsp3) is 0.683. The number of nitrogens with zero attached hydrogens (tertiary/aromatic N) is 1. The first-order chi connectivity index (χ1) is 45.0. The summed E-state index contributed by atoms with van der Waals surface area (Å²) in [6.45, 7) is 4.31. The van der Waals surface area contributed by atoms with E-state index in [0.717, 1.165) is 116 Å². The Kier molecular flexibility index (Phi) is 68.0. The van der Waals surface area contributed by atoms with Crippen LogP contribution >= 0.6 is 7.82 Å². The Hall–Kier alpha value is -4.11. The number of esters is 2. The highest BCUT2D eigenvalue weighted by molar-refractivity contribution is 7.47. The third-order valence-electron chi connectivity index (χ3n) is 15.9. The van der Waals surface area contributed by atoms with Crippen molar-refractivity contribution < 1.29 is 42.1 Å². The van der Waals surface area contributed by atoms with Gasteiger partial charge in [0.05, 0.1) is 27.7 Å². The van der Waals surface area contributed by atoms with E-state index in [1.54, 1.807) is 0 Å². The lowest BCUT2D eigenvalue weighted by atomic mass is 10.0. The third-order valence-corrected chi connectivity index (χ3v) is 16.8. The molecule has 0 aromatic carbocycles. The van der Waals surface area contributed by atoms with Crippen LogP contribution in [-0.4, -0.2) is 74.9 Å². The van der Waals surface area contributed by atoms with E-state index >= 15 is 0 Å². The zero-order chi connectivity index (χ0) is 66.9. The summed E-state index contributed by atoms with van der Waals surface area (Å²) in [5.74, 6) is -0.810. The second kappa shape index (κ2) is 71.2. The van der Waals surface area contributed by atoms with E-state index in [2.05, 4.69) is 160 Å². The van der Waals surface area contributed by atoms with Crippen LogP contribution in [0.5, 0.6) is 0 Å². The first kappa shape index (κ1) is 87.9. The molecule has 0 aliphatic rings. The molecule has 0 radical (unpaired) electrons. The molecule has 0 rings (SSSR count). The van der Waals surface area contributed by atoms with Crippen LogP contribution in [0.25, 0.3) is 0 Å². The minimum Gasteiger partial charge on any atom is -0.462 e. The smallest absolute Gasteiger partial charge is 0.462 e. The van der Waals surface area contributed by atoms with Gasteiger partial charge in [-0.15, -0.1) is 0 Å². The molecule has 0 amide bonds. The van der Waals surface area contributed by atoms with Gasteiger partial charge in [-0.3, -0.25) is 18.6 Å². The Balaban J connectivity index is 4.08. The minimum atomic E-state index is -4.41. The largest absolute Gasteiger partial charge is 0.472 e. The molecule has 0 aliphatic heterocycles. The number of quaternary nitrogens is 1. The van der Waals surface area contributed by atoms with Crippen molar-refractivity contribution in [2.24, 2.45) is 0 Å². The van der Waals surface area contributed by atoms with Gasteiger partial charge in [-0.1, -0.05) is 320 Å². The van der Waals surface area contributed by atoms with Crippen LogP contribution in [0.4, 0.5) is 0 Å². The van der Waals surface area contributed by atoms with Crippen LogP contribution < -0.4 is 0 Å². The molecule has 92 heavy (non-hydrogen) atoms. The molecule has 0 saturated heterocycles. The first-order valence-corrected chi connectivity index (χ1v) is 39.1. The topological polar surface area (TPSA) is 108 Å². The molecule has 0 bridgehead atoms. The van der Waals surface area contributed by atoms with Gasteiger partial charge in [0.1, 0.15) is 19.8 Å². The number of hydrogen-bond acceptors (Lipinski definition) is 7. The summed E-state index contributed by atoms with van der Waals surface area (Å²) in [6, 6.07) is 0. The van der Waals surface area contributed by atoms with Crippen molar-refractivity contribution in [2.45, 2.75) is 315 Å². The fourth-order valence-electron chi connectivity index (χ4n) is 10.1. The number of carbonyl (C=O) groups excluding carboxylic acids is 2. The molecule has 0 aromatic rings. The highest BCUT2D eigenvalue weighted by atomic mass is 31.2. The van der Waals surface area contributed by atoms with Gasteiger partial charge < -0.3 is 18.9 Å². The number of carbonyl (C=O) groups is 2. The summed E-state index contributed by atoms with van der Waals surface area (Å²) in [6.07, 6.45) is 105. The highest BCUT2D eigenvalue weighted by Crippen LogP contribution is 2.43. The molecule has 9 nitrogen and oxygen atoms in total. The first-order valence-electron chi connectivity index (χ1n) is 37.6. The third kappa shape index (κ3) is 74.9. The lowest BCUT2D eigenvalue weighted by molar-refractivity contribution is -0.870. The summed E-state index contributed by atoms with van der Waals surface area (Å²) < 4.78 is 34.8. The highest BCUT2D eigenvalue weighted by Gasteiger charge is 2.27. The minimum absolute atomic E-state index is 0.0232. The van der Waals surface area contributed by atoms with Gasteiger partial charge in [0.25, 0.3) is 0 Å². The molecule has 0 saturated carbocycles. The number of phosphoric acid groups is 1. The van der Waals surface area contributed by atoms with Gasteiger partial charge in [0, 0.05) is 12.8 Å². The zero-order valence-corrected chi connectivity index (χ0v) is 60.9. The molecule has 0 heterocycles. The normalized spacial score (nSPS) is 13.9. The number of allylic oxidation sites excluding steroid dienone is 24. The van der Waals surface area contributed by atoms with Crippen LogP contribution in [0.1, 0.15) is 309 Å². The lowest BCUT2D eigenvalue weighted by Crippen LogP contribution is -2.37. The van der Waals surface area contributed by atoms with E-state index < -0.39 is 26.5 Å². The zero-order valence-electron chi connectivity index (χ0n) is 60.0. The molecule has 526 valence electrons. The van der Waals surface area contributed by atoms with E-state index in [1.165, 1.54) is 161 Å². The molecule has 0 aromatic heterocycles. The van der Waals surface area contributed by atoms with Crippen LogP contribution in [0.15, 0.2) is 146 Å². The number of likely N-dealkylation sites (N-methyl/N-ethyl adjacent to an activating group) is 1. The van der Waals surface area contributed by atoms with E-state index in [9.17, 15) is 19.0 Å². The van der Waals surface area contributed by atoms with Gasteiger partial charge in [0.2, 0.25) is 0 Å². The maximum Gasteiger partial charge on any atom is 0.472 e. The van der Waals surface area contributed by atoms with Crippen molar-refractivity contribution in [1.29, 1.82) is 0 Å². The van der Waals surface area contributed by atoms with E-state index in [1.807, 2.05) is 21.1 Å². The average Bonchev–Trinajstić information content (AvgIpc) is 2.14. The monoisotopic (exact) mass is 1300 g/mol.